The lowest BCUT2D eigenvalue weighted by Crippen LogP contribution is -2.30. The standard InChI is InChI=1S/C13H18N2O4S/c1-10(16)11-5-3-6-12(9-11)15-13(17)14-7-4-8-20(2,18)19/h3,5-6,9H,4,7-8H2,1-2H3,(H2,14,15,17). The number of amides is 2. The Labute approximate surface area is 118 Å². The summed E-state index contributed by atoms with van der Waals surface area (Å²) in [5.41, 5.74) is 1.03. The van der Waals surface area contributed by atoms with Crippen LogP contribution in [0.2, 0.25) is 0 Å². The number of hydrogen-bond donors (Lipinski definition) is 2. The van der Waals surface area contributed by atoms with Gasteiger partial charge in [0.1, 0.15) is 9.84 Å². The van der Waals surface area contributed by atoms with Crippen molar-refractivity contribution in [2.45, 2.75) is 13.3 Å². The van der Waals surface area contributed by atoms with Gasteiger partial charge in [-0.2, -0.15) is 0 Å². The molecule has 1 aromatic rings. The first kappa shape index (κ1) is 16.2. The number of benzene rings is 1. The van der Waals surface area contributed by atoms with Gasteiger partial charge >= 0.3 is 6.03 Å². The molecule has 0 aliphatic carbocycles. The molecule has 110 valence electrons. The third kappa shape index (κ3) is 6.33. The number of carbonyl (C=O) groups excluding carboxylic acids is 2. The smallest absolute Gasteiger partial charge is 0.319 e. The molecular formula is C13H18N2O4S. The summed E-state index contributed by atoms with van der Waals surface area (Å²) in [5.74, 6) is -0.0465. The molecule has 0 radical (unpaired) electrons. The Kier molecular flexibility index (Phi) is 5.69. The fraction of sp³-hybridized carbons (Fsp3) is 0.385. The highest BCUT2D eigenvalue weighted by molar-refractivity contribution is 7.90. The third-order valence-electron chi connectivity index (χ3n) is 2.50. The second-order valence-electron chi connectivity index (χ2n) is 4.50. The summed E-state index contributed by atoms with van der Waals surface area (Å²) in [5, 5.41) is 5.14. The lowest BCUT2D eigenvalue weighted by molar-refractivity contribution is 0.101. The summed E-state index contributed by atoms with van der Waals surface area (Å²) in [6.07, 6.45) is 1.51. The average molecular weight is 298 g/mol. The van der Waals surface area contributed by atoms with Gasteiger partial charge in [0.25, 0.3) is 0 Å². The molecular weight excluding hydrogens is 280 g/mol. The van der Waals surface area contributed by atoms with Crippen molar-refractivity contribution >= 4 is 27.3 Å². The molecule has 0 aliphatic heterocycles. The summed E-state index contributed by atoms with van der Waals surface area (Å²) >= 11 is 0. The zero-order chi connectivity index (χ0) is 15.2. The first-order valence-electron chi connectivity index (χ1n) is 6.11. The third-order valence-corrected chi connectivity index (χ3v) is 3.53. The van der Waals surface area contributed by atoms with Crippen LogP contribution in [0.15, 0.2) is 24.3 Å². The molecule has 6 nitrogen and oxygen atoms in total. The molecule has 0 saturated carbocycles. The molecule has 0 bridgehead atoms. The largest absolute Gasteiger partial charge is 0.338 e. The van der Waals surface area contributed by atoms with Crippen LogP contribution in [0.5, 0.6) is 0 Å². The van der Waals surface area contributed by atoms with Crippen molar-refractivity contribution in [1.82, 2.24) is 5.32 Å². The molecule has 0 atom stereocenters. The van der Waals surface area contributed by atoms with E-state index in [1.165, 1.54) is 6.92 Å². The number of ketones is 1. The predicted octanol–water partition coefficient (Wildman–Crippen LogP) is 1.45. The molecule has 1 aromatic carbocycles. The van der Waals surface area contributed by atoms with Crippen LogP contribution in [0.25, 0.3) is 0 Å². The van der Waals surface area contributed by atoms with E-state index in [-0.39, 0.29) is 18.1 Å². The van der Waals surface area contributed by atoms with Crippen molar-refractivity contribution < 1.29 is 18.0 Å². The lowest BCUT2D eigenvalue weighted by atomic mass is 10.1. The summed E-state index contributed by atoms with van der Waals surface area (Å²) < 4.78 is 21.8. The van der Waals surface area contributed by atoms with Gasteiger partial charge in [-0.15, -0.1) is 0 Å². The number of hydrogen-bond acceptors (Lipinski definition) is 4. The highest BCUT2D eigenvalue weighted by atomic mass is 32.2. The number of anilines is 1. The van der Waals surface area contributed by atoms with E-state index in [1.807, 2.05) is 0 Å². The molecule has 0 fully saturated rings. The lowest BCUT2D eigenvalue weighted by Gasteiger charge is -2.08. The first-order chi connectivity index (χ1) is 9.28. The van der Waals surface area contributed by atoms with E-state index in [1.54, 1.807) is 24.3 Å². The van der Waals surface area contributed by atoms with E-state index in [9.17, 15) is 18.0 Å². The minimum absolute atomic E-state index is 0.0348. The van der Waals surface area contributed by atoms with Crippen molar-refractivity contribution in [3.05, 3.63) is 29.8 Å². The molecule has 0 saturated heterocycles. The maximum absolute atomic E-state index is 11.6. The van der Waals surface area contributed by atoms with Crippen molar-refractivity contribution in [2.24, 2.45) is 0 Å². The van der Waals surface area contributed by atoms with E-state index in [2.05, 4.69) is 10.6 Å². The van der Waals surface area contributed by atoms with Crippen LogP contribution in [-0.2, 0) is 9.84 Å². The van der Waals surface area contributed by atoms with Gasteiger partial charge in [-0.25, -0.2) is 13.2 Å². The maximum Gasteiger partial charge on any atom is 0.319 e. The number of rotatable bonds is 6. The Morgan fingerprint density at radius 1 is 1.25 bits per heavy atom. The van der Waals surface area contributed by atoms with Gasteiger partial charge in [-0.1, -0.05) is 12.1 Å². The highest BCUT2D eigenvalue weighted by Gasteiger charge is 2.05. The van der Waals surface area contributed by atoms with Crippen molar-refractivity contribution in [3.8, 4) is 0 Å². The average Bonchev–Trinajstić information content (AvgIpc) is 2.34. The minimum Gasteiger partial charge on any atom is -0.338 e. The number of Topliss-reactive ketones (excluding diaryl/α,β-unsaturated/α-hetero) is 1. The second kappa shape index (κ2) is 7.04. The zero-order valence-electron chi connectivity index (χ0n) is 11.5. The fourth-order valence-corrected chi connectivity index (χ4v) is 2.20. The molecule has 20 heavy (non-hydrogen) atoms. The van der Waals surface area contributed by atoms with Gasteiger partial charge in [-0.05, 0) is 25.5 Å². The molecule has 2 amide bonds. The zero-order valence-corrected chi connectivity index (χ0v) is 12.3. The summed E-state index contributed by atoms with van der Waals surface area (Å²) in [4.78, 5) is 22.8. The Bertz CT molecular complexity index is 596. The molecule has 0 spiro atoms. The summed E-state index contributed by atoms with van der Waals surface area (Å²) in [6, 6.07) is 6.16. The van der Waals surface area contributed by atoms with E-state index in [4.69, 9.17) is 0 Å². The Balaban J connectivity index is 2.43. The van der Waals surface area contributed by atoms with Gasteiger partial charge < -0.3 is 10.6 Å². The molecule has 0 unspecified atom stereocenters. The Hall–Kier alpha value is -1.89. The predicted molar refractivity (Wildman–Crippen MR) is 77.8 cm³/mol. The van der Waals surface area contributed by atoms with Crippen LogP contribution in [0, 0.1) is 0 Å². The SMILES string of the molecule is CC(=O)c1cccc(NC(=O)NCCCS(C)(=O)=O)c1. The molecule has 1 rings (SSSR count). The molecule has 7 heteroatoms. The van der Waals surface area contributed by atoms with Crippen LogP contribution < -0.4 is 10.6 Å². The monoisotopic (exact) mass is 298 g/mol. The number of nitrogens with one attached hydrogen (secondary N) is 2. The quantitative estimate of drug-likeness (QED) is 0.614. The van der Waals surface area contributed by atoms with Gasteiger partial charge in [0.05, 0.1) is 5.75 Å². The maximum atomic E-state index is 11.6. The van der Waals surface area contributed by atoms with Crippen molar-refractivity contribution in [3.63, 3.8) is 0 Å². The van der Waals surface area contributed by atoms with Gasteiger partial charge in [0.2, 0.25) is 0 Å². The van der Waals surface area contributed by atoms with E-state index >= 15 is 0 Å². The van der Waals surface area contributed by atoms with Crippen LogP contribution in [0.4, 0.5) is 10.5 Å². The second-order valence-corrected chi connectivity index (χ2v) is 6.76. The van der Waals surface area contributed by atoms with Gasteiger partial charge in [0, 0.05) is 24.1 Å². The van der Waals surface area contributed by atoms with Crippen molar-refractivity contribution in [1.29, 1.82) is 0 Å². The topological polar surface area (TPSA) is 92.3 Å². The molecule has 2 N–H and O–H groups in total. The molecule has 0 heterocycles. The van der Waals surface area contributed by atoms with Crippen molar-refractivity contribution in [2.75, 3.05) is 23.9 Å². The van der Waals surface area contributed by atoms with Gasteiger partial charge in [0.15, 0.2) is 5.78 Å². The van der Waals surface area contributed by atoms with E-state index < -0.39 is 15.9 Å². The first-order valence-corrected chi connectivity index (χ1v) is 8.17. The van der Waals surface area contributed by atoms with Crippen LogP contribution >= 0.6 is 0 Å². The number of urea groups is 1. The summed E-state index contributed by atoms with van der Waals surface area (Å²) in [6.45, 7) is 1.72. The Morgan fingerprint density at radius 2 is 1.95 bits per heavy atom. The summed E-state index contributed by atoms with van der Waals surface area (Å²) in [7, 11) is -3.01. The van der Waals surface area contributed by atoms with E-state index in [0.717, 1.165) is 6.26 Å². The van der Waals surface area contributed by atoms with Crippen LogP contribution in [0.1, 0.15) is 23.7 Å². The Morgan fingerprint density at radius 3 is 2.55 bits per heavy atom. The van der Waals surface area contributed by atoms with Crippen LogP contribution in [0.3, 0.4) is 0 Å². The highest BCUT2D eigenvalue weighted by Crippen LogP contribution is 2.10. The number of sulfone groups is 1. The fourth-order valence-electron chi connectivity index (χ4n) is 1.53. The molecule has 0 aliphatic rings. The minimum atomic E-state index is -3.01. The van der Waals surface area contributed by atoms with Gasteiger partial charge in [-0.3, -0.25) is 4.79 Å². The molecule has 0 aromatic heterocycles. The normalized spacial score (nSPS) is 10.9. The number of carbonyl (C=O) groups is 2. The van der Waals surface area contributed by atoms with E-state index in [0.29, 0.717) is 17.7 Å². The van der Waals surface area contributed by atoms with Crippen LogP contribution in [-0.4, -0.2) is 38.8 Å².